The van der Waals surface area contributed by atoms with Gasteiger partial charge < -0.3 is 15.2 Å². The highest BCUT2D eigenvalue weighted by molar-refractivity contribution is 5.81. The second-order valence-electron chi connectivity index (χ2n) is 5.63. The molecule has 2 aliphatic rings. The molecule has 2 N–H and O–H groups in total. The molecule has 0 aromatic heterocycles. The summed E-state index contributed by atoms with van der Waals surface area (Å²) in [7, 11) is 0. The first kappa shape index (κ1) is 14.3. The zero-order valence-electron chi connectivity index (χ0n) is 11.4. The second-order valence-corrected chi connectivity index (χ2v) is 5.63. The van der Waals surface area contributed by atoms with Crippen LogP contribution in [0.2, 0.25) is 0 Å². The fourth-order valence-corrected chi connectivity index (χ4v) is 2.98. The summed E-state index contributed by atoms with van der Waals surface area (Å²) >= 11 is 0. The maximum atomic E-state index is 12.0. The van der Waals surface area contributed by atoms with Crippen LogP contribution in [0.3, 0.4) is 0 Å². The van der Waals surface area contributed by atoms with Gasteiger partial charge in [-0.2, -0.15) is 0 Å². The Kier molecular flexibility index (Phi) is 4.80. The highest BCUT2D eigenvalue weighted by atomic mass is 16.5. The summed E-state index contributed by atoms with van der Waals surface area (Å²) in [5.74, 6) is -0.968. The lowest BCUT2D eigenvalue weighted by molar-refractivity contribution is -0.143. The van der Waals surface area contributed by atoms with E-state index in [0.717, 1.165) is 32.1 Å². The molecule has 2 atom stereocenters. The Hall–Kier alpha value is -1.10. The van der Waals surface area contributed by atoms with Crippen molar-refractivity contribution in [3.63, 3.8) is 0 Å². The van der Waals surface area contributed by atoms with Crippen LogP contribution in [0.25, 0.3) is 0 Å². The molecular formula is C14H23NO4. The zero-order valence-corrected chi connectivity index (χ0v) is 11.4. The van der Waals surface area contributed by atoms with Crippen molar-refractivity contribution in [2.24, 2.45) is 5.92 Å². The molecule has 19 heavy (non-hydrogen) atoms. The fraction of sp³-hybridized carbons (Fsp3) is 0.857. The lowest BCUT2D eigenvalue weighted by atomic mass is 9.86. The Morgan fingerprint density at radius 3 is 2.37 bits per heavy atom. The first-order valence-corrected chi connectivity index (χ1v) is 7.28. The summed E-state index contributed by atoms with van der Waals surface area (Å²) in [6, 6.07) is 0.118. The number of hydrogen-bond acceptors (Lipinski definition) is 3. The van der Waals surface area contributed by atoms with Crippen molar-refractivity contribution in [2.45, 2.75) is 70.1 Å². The molecule has 0 radical (unpaired) electrons. The minimum Gasteiger partial charge on any atom is -0.481 e. The molecule has 108 valence electrons. The van der Waals surface area contributed by atoms with Crippen molar-refractivity contribution in [2.75, 3.05) is 0 Å². The van der Waals surface area contributed by atoms with Crippen LogP contribution in [0.4, 0.5) is 0 Å². The van der Waals surface area contributed by atoms with E-state index in [4.69, 9.17) is 9.84 Å². The maximum Gasteiger partial charge on any atom is 0.306 e. The Labute approximate surface area is 113 Å². The number of carboxylic acids is 1. The van der Waals surface area contributed by atoms with Crippen LogP contribution in [0.15, 0.2) is 0 Å². The molecule has 2 unspecified atom stereocenters. The molecule has 5 heteroatoms. The highest BCUT2D eigenvalue weighted by Gasteiger charge is 2.32. The van der Waals surface area contributed by atoms with Crippen molar-refractivity contribution in [1.29, 1.82) is 0 Å². The Balaban J connectivity index is 1.73. The molecular weight excluding hydrogens is 246 g/mol. The van der Waals surface area contributed by atoms with Crippen LogP contribution < -0.4 is 5.32 Å². The predicted octanol–water partition coefficient (Wildman–Crippen LogP) is 1.70. The highest BCUT2D eigenvalue weighted by Crippen LogP contribution is 2.26. The van der Waals surface area contributed by atoms with Gasteiger partial charge in [-0.05, 0) is 44.9 Å². The number of carboxylic acid groups (broad SMARTS) is 1. The van der Waals surface area contributed by atoms with E-state index in [9.17, 15) is 9.59 Å². The number of hydrogen-bond donors (Lipinski definition) is 2. The molecule has 1 aliphatic carbocycles. The number of carbonyl (C=O) groups excluding carboxylic acids is 1. The third kappa shape index (κ3) is 3.69. The van der Waals surface area contributed by atoms with Gasteiger partial charge in [-0.3, -0.25) is 9.59 Å². The maximum absolute atomic E-state index is 12.0. The molecule has 5 nitrogen and oxygen atoms in total. The monoisotopic (exact) mass is 269 g/mol. The van der Waals surface area contributed by atoms with E-state index in [1.54, 1.807) is 0 Å². The van der Waals surface area contributed by atoms with Gasteiger partial charge in [-0.25, -0.2) is 0 Å². The molecule has 2 fully saturated rings. The average Bonchev–Trinajstić information content (AvgIpc) is 2.88. The van der Waals surface area contributed by atoms with E-state index < -0.39 is 5.97 Å². The average molecular weight is 269 g/mol. The molecule has 0 bridgehead atoms. The first-order chi connectivity index (χ1) is 9.10. The molecule has 0 spiro atoms. The summed E-state index contributed by atoms with van der Waals surface area (Å²) in [4.78, 5) is 22.9. The molecule has 2 rings (SSSR count). The summed E-state index contributed by atoms with van der Waals surface area (Å²) in [6.07, 6.45) is 5.45. The van der Waals surface area contributed by atoms with Gasteiger partial charge in [0, 0.05) is 6.04 Å². The third-order valence-corrected chi connectivity index (χ3v) is 4.28. The van der Waals surface area contributed by atoms with Crippen LogP contribution in [-0.4, -0.2) is 35.2 Å². The largest absolute Gasteiger partial charge is 0.481 e. The normalized spacial score (nSPS) is 35.0. The van der Waals surface area contributed by atoms with Gasteiger partial charge in [0.05, 0.1) is 12.0 Å². The number of rotatable bonds is 4. The van der Waals surface area contributed by atoms with E-state index in [-0.39, 0.29) is 30.1 Å². The molecule has 1 heterocycles. The van der Waals surface area contributed by atoms with Gasteiger partial charge in [0.2, 0.25) is 5.91 Å². The van der Waals surface area contributed by atoms with E-state index in [1.807, 2.05) is 0 Å². The molecule has 1 saturated heterocycles. The van der Waals surface area contributed by atoms with Gasteiger partial charge in [0.25, 0.3) is 0 Å². The van der Waals surface area contributed by atoms with Gasteiger partial charge in [-0.1, -0.05) is 6.92 Å². The first-order valence-electron chi connectivity index (χ1n) is 7.28. The number of amides is 1. The topological polar surface area (TPSA) is 75.6 Å². The van der Waals surface area contributed by atoms with E-state index in [2.05, 4.69) is 12.2 Å². The Bertz CT molecular complexity index is 336. The number of carbonyl (C=O) groups is 2. The molecule has 1 amide bonds. The lowest BCUT2D eigenvalue weighted by Gasteiger charge is -2.27. The van der Waals surface area contributed by atoms with Crippen molar-refractivity contribution >= 4 is 11.9 Å². The van der Waals surface area contributed by atoms with Crippen molar-refractivity contribution in [3.05, 3.63) is 0 Å². The van der Waals surface area contributed by atoms with Crippen LogP contribution >= 0.6 is 0 Å². The van der Waals surface area contributed by atoms with Gasteiger partial charge in [-0.15, -0.1) is 0 Å². The molecule has 0 aromatic carbocycles. The minimum atomic E-state index is -0.713. The van der Waals surface area contributed by atoms with Crippen LogP contribution in [0.5, 0.6) is 0 Å². The molecule has 0 aromatic rings. The summed E-state index contributed by atoms with van der Waals surface area (Å²) in [5, 5.41) is 11.9. The van der Waals surface area contributed by atoms with Crippen molar-refractivity contribution in [1.82, 2.24) is 5.32 Å². The van der Waals surface area contributed by atoms with E-state index >= 15 is 0 Å². The van der Waals surface area contributed by atoms with Gasteiger partial charge in [0.15, 0.2) is 0 Å². The van der Waals surface area contributed by atoms with Crippen LogP contribution in [0.1, 0.15) is 51.9 Å². The number of ether oxygens (including phenoxy) is 1. The predicted molar refractivity (Wildman–Crippen MR) is 69.7 cm³/mol. The van der Waals surface area contributed by atoms with Crippen LogP contribution in [-0.2, 0) is 14.3 Å². The quantitative estimate of drug-likeness (QED) is 0.814. The Morgan fingerprint density at radius 2 is 1.84 bits per heavy atom. The smallest absolute Gasteiger partial charge is 0.306 e. The number of aliphatic carboxylic acids is 1. The van der Waals surface area contributed by atoms with E-state index in [0.29, 0.717) is 12.8 Å². The number of nitrogens with one attached hydrogen (secondary N) is 1. The Morgan fingerprint density at radius 1 is 1.16 bits per heavy atom. The van der Waals surface area contributed by atoms with Gasteiger partial charge in [0.1, 0.15) is 6.10 Å². The molecule has 1 saturated carbocycles. The zero-order chi connectivity index (χ0) is 13.8. The SMILES string of the molecule is CCC1CCC(C(=O)NC2CCC(C(=O)O)CC2)O1. The summed E-state index contributed by atoms with van der Waals surface area (Å²) in [6.45, 7) is 2.07. The van der Waals surface area contributed by atoms with Crippen molar-refractivity contribution < 1.29 is 19.4 Å². The summed E-state index contributed by atoms with van der Waals surface area (Å²) in [5.41, 5.74) is 0. The molecule has 1 aliphatic heterocycles. The summed E-state index contributed by atoms with van der Waals surface area (Å²) < 4.78 is 5.67. The van der Waals surface area contributed by atoms with Gasteiger partial charge >= 0.3 is 5.97 Å². The third-order valence-electron chi connectivity index (χ3n) is 4.28. The lowest BCUT2D eigenvalue weighted by Crippen LogP contribution is -2.43. The fourth-order valence-electron chi connectivity index (χ4n) is 2.98. The van der Waals surface area contributed by atoms with Crippen molar-refractivity contribution in [3.8, 4) is 0 Å². The standard InChI is InChI=1S/C14H23NO4/c1-2-11-7-8-12(19-11)13(16)15-10-5-3-9(4-6-10)14(17)18/h9-12H,2-8H2,1H3,(H,15,16)(H,17,18). The second kappa shape index (κ2) is 6.37. The minimum absolute atomic E-state index is 0.0188. The van der Waals surface area contributed by atoms with E-state index in [1.165, 1.54) is 0 Å². The van der Waals surface area contributed by atoms with Crippen LogP contribution in [0, 0.1) is 5.92 Å².